The van der Waals surface area contributed by atoms with Crippen LogP contribution in [0.1, 0.15) is 38.5 Å². The van der Waals surface area contributed by atoms with Crippen LogP contribution in [0.15, 0.2) is 24.3 Å². The van der Waals surface area contributed by atoms with Gasteiger partial charge in [-0.25, -0.2) is 0 Å². The van der Waals surface area contributed by atoms with Gasteiger partial charge in [0.15, 0.2) is 0 Å². The number of benzene rings is 1. The highest BCUT2D eigenvalue weighted by molar-refractivity contribution is 6.30. The summed E-state index contributed by atoms with van der Waals surface area (Å²) in [5, 5.41) is 0.750. The van der Waals surface area contributed by atoms with Crippen LogP contribution < -0.4 is 4.74 Å². The SMILES string of the molecule is [CH2]CCCCCCCOc1ccc(Cl)cc1. The van der Waals surface area contributed by atoms with Crippen molar-refractivity contribution in [3.63, 3.8) is 0 Å². The minimum atomic E-state index is 0.750. The number of halogens is 1. The van der Waals surface area contributed by atoms with E-state index in [-0.39, 0.29) is 0 Å². The molecular weight excluding hydrogens is 220 g/mol. The molecule has 1 aromatic rings. The molecule has 0 spiro atoms. The third-order valence-corrected chi connectivity index (χ3v) is 2.73. The van der Waals surface area contributed by atoms with Gasteiger partial charge in [0.25, 0.3) is 0 Å². The maximum Gasteiger partial charge on any atom is 0.119 e. The second-order valence-corrected chi connectivity index (χ2v) is 4.36. The summed E-state index contributed by atoms with van der Waals surface area (Å²) in [6.45, 7) is 4.63. The first kappa shape index (κ1) is 13.4. The van der Waals surface area contributed by atoms with Gasteiger partial charge in [-0.05, 0) is 30.7 Å². The Kier molecular flexibility index (Phi) is 7.07. The van der Waals surface area contributed by atoms with Crippen molar-refractivity contribution in [2.24, 2.45) is 0 Å². The van der Waals surface area contributed by atoms with E-state index in [0.717, 1.165) is 30.2 Å². The van der Waals surface area contributed by atoms with Crippen molar-refractivity contribution < 1.29 is 4.74 Å². The highest BCUT2D eigenvalue weighted by Crippen LogP contribution is 2.16. The first-order chi connectivity index (χ1) is 7.83. The van der Waals surface area contributed by atoms with Gasteiger partial charge in [-0.15, -0.1) is 0 Å². The van der Waals surface area contributed by atoms with Gasteiger partial charge in [0.05, 0.1) is 6.61 Å². The number of hydrogen-bond donors (Lipinski definition) is 0. The number of hydrogen-bond acceptors (Lipinski definition) is 1. The Morgan fingerprint density at radius 2 is 1.56 bits per heavy atom. The third kappa shape index (κ3) is 6.02. The predicted octanol–water partition coefficient (Wildman–Crippen LogP) is 4.89. The fraction of sp³-hybridized carbons (Fsp3) is 0.500. The minimum absolute atomic E-state index is 0.750. The average molecular weight is 240 g/mol. The maximum atomic E-state index is 5.78. The largest absolute Gasteiger partial charge is 0.494 e. The zero-order valence-electron chi connectivity index (χ0n) is 9.75. The van der Waals surface area contributed by atoms with Crippen molar-refractivity contribution in [3.8, 4) is 5.75 Å². The van der Waals surface area contributed by atoms with Crippen LogP contribution in [0.5, 0.6) is 5.75 Å². The molecule has 0 aromatic heterocycles. The fourth-order valence-electron chi connectivity index (χ4n) is 1.53. The van der Waals surface area contributed by atoms with Gasteiger partial charge >= 0.3 is 0 Å². The van der Waals surface area contributed by atoms with E-state index in [1.165, 1.54) is 25.7 Å². The van der Waals surface area contributed by atoms with E-state index in [9.17, 15) is 0 Å². The Labute approximate surface area is 104 Å². The van der Waals surface area contributed by atoms with Crippen molar-refractivity contribution in [2.75, 3.05) is 6.61 Å². The van der Waals surface area contributed by atoms with Gasteiger partial charge < -0.3 is 4.74 Å². The van der Waals surface area contributed by atoms with Crippen molar-refractivity contribution in [1.82, 2.24) is 0 Å². The van der Waals surface area contributed by atoms with Gasteiger partial charge in [-0.3, -0.25) is 0 Å². The van der Waals surface area contributed by atoms with Crippen LogP contribution in [0.25, 0.3) is 0 Å². The molecule has 0 unspecified atom stereocenters. The molecule has 0 heterocycles. The summed E-state index contributed by atoms with van der Waals surface area (Å²) < 4.78 is 5.60. The molecular formula is C14H20ClO. The molecule has 0 aliphatic heterocycles. The highest BCUT2D eigenvalue weighted by Gasteiger charge is 1.94. The molecule has 16 heavy (non-hydrogen) atoms. The molecule has 2 heteroatoms. The van der Waals surface area contributed by atoms with Crippen molar-refractivity contribution >= 4 is 11.6 Å². The maximum absolute atomic E-state index is 5.78. The van der Waals surface area contributed by atoms with Gasteiger partial charge in [0.2, 0.25) is 0 Å². The van der Waals surface area contributed by atoms with Crippen LogP contribution in [0.3, 0.4) is 0 Å². The third-order valence-electron chi connectivity index (χ3n) is 2.48. The van der Waals surface area contributed by atoms with Gasteiger partial charge in [0, 0.05) is 5.02 Å². The number of unbranched alkanes of at least 4 members (excludes halogenated alkanes) is 5. The quantitative estimate of drug-likeness (QED) is 0.587. The van der Waals surface area contributed by atoms with E-state index in [1.54, 1.807) is 0 Å². The molecule has 0 aliphatic carbocycles. The summed E-state index contributed by atoms with van der Waals surface area (Å²) >= 11 is 5.78. The lowest BCUT2D eigenvalue weighted by Crippen LogP contribution is -1.96. The average Bonchev–Trinajstić information content (AvgIpc) is 2.30. The molecule has 1 nitrogen and oxygen atoms in total. The van der Waals surface area contributed by atoms with Crippen molar-refractivity contribution in [3.05, 3.63) is 36.2 Å². The Morgan fingerprint density at radius 3 is 2.25 bits per heavy atom. The zero-order valence-corrected chi connectivity index (χ0v) is 10.5. The van der Waals surface area contributed by atoms with Crippen molar-refractivity contribution in [1.29, 1.82) is 0 Å². The second kappa shape index (κ2) is 8.46. The summed E-state index contributed by atoms with van der Waals surface area (Å²) in [7, 11) is 0. The lowest BCUT2D eigenvalue weighted by atomic mass is 10.1. The summed E-state index contributed by atoms with van der Waals surface area (Å²) in [4.78, 5) is 0. The van der Waals surface area contributed by atoms with Crippen LogP contribution in [0, 0.1) is 6.92 Å². The van der Waals surface area contributed by atoms with Crippen LogP contribution in [-0.4, -0.2) is 6.61 Å². The van der Waals surface area contributed by atoms with Gasteiger partial charge in [-0.1, -0.05) is 50.6 Å². The van der Waals surface area contributed by atoms with Crippen LogP contribution in [-0.2, 0) is 0 Å². The monoisotopic (exact) mass is 239 g/mol. The van der Waals surface area contributed by atoms with E-state index in [2.05, 4.69) is 6.92 Å². The van der Waals surface area contributed by atoms with Crippen LogP contribution in [0.2, 0.25) is 5.02 Å². The van der Waals surface area contributed by atoms with E-state index >= 15 is 0 Å². The molecule has 1 radical (unpaired) electrons. The Hall–Kier alpha value is -0.690. The topological polar surface area (TPSA) is 9.23 Å². The Bertz CT molecular complexity index is 269. The van der Waals surface area contributed by atoms with Gasteiger partial charge in [0.1, 0.15) is 5.75 Å². The van der Waals surface area contributed by atoms with E-state index < -0.39 is 0 Å². The number of ether oxygens (including phenoxy) is 1. The smallest absolute Gasteiger partial charge is 0.119 e. The minimum Gasteiger partial charge on any atom is -0.494 e. The summed E-state index contributed by atoms with van der Waals surface area (Å²) in [5.41, 5.74) is 0. The molecule has 0 atom stereocenters. The summed E-state index contributed by atoms with van der Waals surface area (Å²) in [6.07, 6.45) is 7.26. The molecule has 0 saturated carbocycles. The predicted molar refractivity (Wildman–Crippen MR) is 70.0 cm³/mol. The summed E-state index contributed by atoms with van der Waals surface area (Å²) in [5.74, 6) is 0.905. The normalized spacial score (nSPS) is 10.4. The molecule has 0 aliphatic rings. The fourth-order valence-corrected chi connectivity index (χ4v) is 1.66. The lowest BCUT2D eigenvalue weighted by Gasteiger charge is -2.05. The van der Waals surface area contributed by atoms with Gasteiger partial charge in [-0.2, -0.15) is 0 Å². The molecule has 0 saturated heterocycles. The van der Waals surface area contributed by atoms with Crippen LogP contribution in [0.4, 0.5) is 0 Å². The molecule has 0 amide bonds. The Morgan fingerprint density at radius 1 is 0.938 bits per heavy atom. The Balaban J connectivity index is 2.01. The second-order valence-electron chi connectivity index (χ2n) is 3.92. The lowest BCUT2D eigenvalue weighted by molar-refractivity contribution is 0.304. The molecule has 89 valence electrons. The summed E-state index contributed by atoms with van der Waals surface area (Å²) in [6, 6.07) is 7.52. The first-order valence-electron chi connectivity index (χ1n) is 6.00. The van der Waals surface area contributed by atoms with Crippen LogP contribution >= 0.6 is 11.6 Å². The zero-order chi connectivity index (χ0) is 11.6. The molecule has 0 N–H and O–H groups in total. The molecule has 0 fully saturated rings. The number of rotatable bonds is 8. The van der Waals surface area contributed by atoms with E-state index in [0.29, 0.717) is 0 Å². The molecule has 1 aromatic carbocycles. The standard InChI is InChI=1S/C14H20ClO/c1-2-3-4-5-6-7-12-16-14-10-8-13(15)9-11-14/h8-11H,1-7,12H2. The first-order valence-corrected chi connectivity index (χ1v) is 6.38. The van der Waals surface area contributed by atoms with Crippen molar-refractivity contribution in [2.45, 2.75) is 38.5 Å². The molecule has 0 bridgehead atoms. The highest BCUT2D eigenvalue weighted by atomic mass is 35.5. The van der Waals surface area contributed by atoms with E-state index in [1.807, 2.05) is 24.3 Å². The molecule has 1 rings (SSSR count). The van der Waals surface area contributed by atoms with E-state index in [4.69, 9.17) is 16.3 Å².